The Morgan fingerprint density at radius 1 is 1.28 bits per heavy atom. The molecule has 4 heterocycles. The number of pyridine rings is 2. The molecule has 3 aromatic rings. The van der Waals surface area contributed by atoms with Gasteiger partial charge in [-0.3, -0.25) is 14.5 Å². The number of carbonyl (C=O) groups is 1. The van der Waals surface area contributed by atoms with Crippen molar-refractivity contribution in [2.24, 2.45) is 0 Å². The van der Waals surface area contributed by atoms with Crippen LogP contribution >= 0.6 is 0 Å². The van der Waals surface area contributed by atoms with Gasteiger partial charge >= 0.3 is 0 Å². The first kappa shape index (κ1) is 22.1. The van der Waals surface area contributed by atoms with E-state index in [1.54, 1.807) is 24.6 Å². The molecule has 3 aromatic heterocycles. The van der Waals surface area contributed by atoms with Crippen LogP contribution < -0.4 is 10.1 Å². The Morgan fingerprint density at radius 3 is 2.62 bits per heavy atom. The largest absolute Gasteiger partial charge is 0.478 e. The number of rotatable bonds is 6. The topological polar surface area (TPSA) is 116 Å². The quantitative estimate of drug-likeness (QED) is 0.600. The number of nitrogens with one attached hydrogen (secondary N) is 1. The van der Waals surface area contributed by atoms with Gasteiger partial charge in [0.15, 0.2) is 15.7 Å². The van der Waals surface area contributed by atoms with Crippen LogP contribution in [0.4, 0.5) is 4.39 Å². The fourth-order valence-electron chi connectivity index (χ4n) is 3.89. The molecule has 1 amide bonds. The van der Waals surface area contributed by atoms with Gasteiger partial charge < -0.3 is 10.1 Å². The van der Waals surface area contributed by atoms with Crippen molar-refractivity contribution in [3.63, 3.8) is 0 Å². The van der Waals surface area contributed by atoms with Gasteiger partial charge in [-0.15, -0.1) is 0 Å². The first-order valence-corrected chi connectivity index (χ1v) is 12.0. The maximum atomic E-state index is 14.6. The molecule has 0 aliphatic carbocycles. The Kier molecular flexibility index (Phi) is 5.40. The molecule has 1 N–H and O–H groups in total. The lowest BCUT2D eigenvalue weighted by molar-refractivity contribution is 0.0916. The number of ether oxygens (including phenoxy) is 1. The van der Waals surface area contributed by atoms with Crippen molar-refractivity contribution >= 4 is 26.8 Å². The number of hydrogen-bond donors (Lipinski definition) is 1. The molecule has 4 rings (SSSR count). The highest BCUT2D eigenvalue weighted by Crippen LogP contribution is 2.32. The van der Waals surface area contributed by atoms with Crippen LogP contribution in [0.15, 0.2) is 24.5 Å². The van der Waals surface area contributed by atoms with E-state index in [4.69, 9.17) is 4.74 Å². The fraction of sp³-hybridized carbons (Fsp3) is 0.429. The third-order valence-corrected chi connectivity index (χ3v) is 7.32. The maximum Gasteiger partial charge on any atom is 0.253 e. The van der Waals surface area contributed by atoms with Gasteiger partial charge in [-0.25, -0.2) is 17.8 Å². The standard InChI is InChI=1S/C21H24FN5O4S/c1-5-31-17-7-14(15(22)9-23-17)18-19-16(27(26-18)12(2)3)6-13(8-24-19)20(28)25-21(4)10-32(29,30)11-21/h6-9,12H,5,10-11H2,1-4H3,(H,25,28). The van der Waals surface area contributed by atoms with E-state index in [-0.39, 0.29) is 34.6 Å². The molecule has 1 aliphatic rings. The fourth-order valence-corrected chi connectivity index (χ4v) is 5.89. The van der Waals surface area contributed by atoms with Crippen molar-refractivity contribution < 1.29 is 22.3 Å². The van der Waals surface area contributed by atoms with Gasteiger partial charge in [-0.05, 0) is 33.8 Å². The van der Waals surface area contributed by atoms with Crippen molar-refractivity contribution in [3.8, 4) is 17.1 Å². The van der Waals surface area contributed by atoms with E-state index in [0.29, 0.717) is 23.3 Å². The summed E-state index contributed by atoms with van der Waals surface area (Å²) >= 11 is 0. The van der Waals surface area contributed by atoms with Gasteiger partial charge in [0, 0.05) is 23.9 Å². The number of sulfone groups is 1. The minimum Gasteiger partial charge on any atom is -0.478 e. The normalized spacial score (nSPS) is 16.7. The highest BCUT2D eigenvalue weighted by Gasteiger charge is 2.45. The van der Waals surface area contributed by atoms with E-state index in [0.717, 1.165) is 6.20 Å². The van der Waals surface area contributed by atoms with Crippen molar-refractivity contribution in [2.45, 2.75) is 39.3 Å². The lowest BCUT2D eigenvalue weighted by Crippen LogP contribution is -2.63. The lowest BCUT2D eigenvalue weighted by atomic mass is 10.1. The molecule has 0 bridgehead atoms. The average molecular weight is 462 g/mol. The number of aromatic nitrogens is 4. The second-order valence-electron chi connectivity index (χ2n) is 8.46. The molecule has 1 fully saturated rings. The number of hydrogen-bond acceptors (Lipinski definition) is 7. The van der Waals surface area contributed by atoms with Crippen LogP contribution in [-0.2, 0) is 9.84 Å². The molecule has 0 saturated carbocycles. The number of nitrogens with zero attached hydrogens (tertiary/aromatic N) is 4. The van der Waals surface area contributed by atoms with Crippen LogP contribution in [-0.4, -0.2) is 57.7 Å². The third-order valence-electron chi connectivity index (χ3n) is 5.17. The average Bonchev–Trinajstić information content (AvgIpc) is 3.06. The van der Waals surface area contributed by atoms with E-state index < -0.39 is 27.1 Å². The zero-order valence-corrected chi connectivity index (χ0v) is 19.0. The van der Waals surface area contributed by atoms with Crippen LogP contribution in [0.3, 0.4) is 0 Å². The minimum absolute atomic E-state index is 0.0862. The number of amides is 1. The van der Waals surface area contributed by atoms with Gasteiger partial charge in [0.25, 0.3) is 5.91 Å². The minimum atomic E-state index is -3.10. The molecule has 32 heavy (non-hydrogen) atoms. The second-order valence-corrected chi connectivity index (χ2v) is 10.5. The zero-order valence-electron chi connectivity index (χ0n) is 18.2. The van der Waals surface area contributed by atoms with E-state index in [2.05, 4.69) is 20.4 Å². The SMILES string of the molecule is CCOc1cc(-c2nn(C(C)C)c3cc(C(=O)NC4(C)CS(=O)(=O)C4)cnc23)c(F)cn1. The molecule has 0 atom stereocenters. The van der Waals surface area contributed by atoms with Gasteiger partial charge in [0.2, 0.25) is 5.88 Å². The number of halogens is 1. The molecule has 1 aliphatic heterocycles. The van der Waals surface area contributed by atoms with Crippen molar-refractivity contribution in [3.05, 3.63) is 35.9 Å². The first-order chi connectivity index (χ1) is 15.0. The lowest BCUT2D eigenvalue weighted by Gasteiger charge is -2.38. The number of fused-ring (bicyclic) bond motifs is 1. The summed E-state index contributed by atoms with van der Waals surface area (Å²) in [6.45, 7) is 7.71. The van der Waals surface area contributed by atoms with Crippen molar-refractivity contribution in [1.82, 2.24) is 25.1 Å². The Labute approximate surface area is 184 Å². The maximum absolute atomic E-state index is 14.6. The molecule has 11 heteroatoms. The summed E-state index contributed by atoms with van der Waals surface area (Å²) in [5, 5.41) is 7.34. The summed E-state index contributed by atoms with van der Waals surface area (Å²) < 4.78 is 44.7. The predicted octanol–water partition coefficient (Wildman–Crippen LogP) is 2.53. The van der Waals surface area contributed by atoms with Crippen LogP contribution in [0, 0.1) is 5.82 Å². The van der Waals surface area contributed by atoms with E-state index >= 15 is 0 Å². The van der Waals surface area contributed by atoms with Crippen molar-refractivity contribution in [1.29, 1.82) is 0 Å². The number of carbonyl (C=O) groups excluding carboxylic acids is 1. The van der Waals surface area contributed by atoms with Gasteiger partial charge in [0.1, 0.15) is 11.2 Å². The second kappa shape index (κ2) is 7.80. The summed E-state index contributed by atoms with van der Waals surface area (Å²) in [5.41, 5.74) is 0.970. The predicted molar refractivity (Wildman–Crippen MR) is 117 cm³/mol. The van der Waals surface area contributed by atoms with Crippen LogP contribution in [0.2, 0.25) is 0 Å². The molecule has 0 unspecified atom stereocenters. The monoisotopic (exact) mass is 461 g/mol. The molecular formula is C21H24FN5O4S. The Morgan fingerprint density at radius 2 is 2.00 bits per heavy atom. The molecule has 9 nitrogen and oxygen atoms in total. The van der Waals surface area contributed by atoms with Gasteiger partial charge in [-0.1, -0.05) is 0 Å². The summed E-state index contributed by atoms with van der Waals surface area (Å²) in [4.78, 5) is 21.1. The van der Waals surface area contributed by atoms with Crippen LogP contribution in [0.5, 0.6) is 5.88 Å². The molecule has 0 aromatic carbocycles. The van der Waals surface area contributed by atoms with E-state index in [9.17, 15) is 17.6 Å². The molecule has 0 radical (unpaired) electrons. The summed E-state index contributed by atoms with van der Waals surface area (Å²) in [6, 6.07) is 3.02. The van der Waals surface area contributed by atoms with E-state index in [1.165, 1.54) is 12.3 Å². The van der Waals surface area contributed by atoms with Crippen LogP contribution in [0.25, 0.3) is 22.3 Å². The van der Waals surface area contributed by atoms with Gasteiger partial charge in [-0.2, -0.15) is 5.10 Å². The summed E-state index contributed by atoms with van der Waals surface area (Å²) in [6.07, 6.45) is 2.46. The summed E-state index contributed by atoms with van der Waals surface area (Å²) in [5.74, 6) is -0.913. The molecular weight excluding hydrogens is 437 g/mol. The molecule has 170 valence electrons. The Hall–Kier alpha value is -3.08. The smallest absolute Gasteiger partial charge is 0.253 e. The molecule has 1 saturated heterocycles. The van der Waals surface area contributed by atoms with Gasteiger partial charge in [0.05, 0.1) is 40.9 Å². The van der Waals surface area contributed by atoms with Crippen molar-refractivity contribution in [2.75, 3.05) is 18.1 Å². The first-order valence-electron chi connectivity index (χ1n) is 10.2. The van der Waals surface area contributed by atoms with E-state index in [1.807, 2.05) is 13.8 Å². The molecule has 0 spiro atoms. The third kappa shape index (κ3) is 4.04. The highest BCUT2D eigenvalue weighted by atomic mass is 32.2. The highest BCUT2D eigenvalue weighted by molar-refractivity contribution is 7.93. The Bertz CT molecular complexity index is 1310. The summed E-state index contributed by atoms with van der Waals surface area (Å²) in [7, 11) is -3.10. The Balaban J connectivity index is 1.75. The zero-order chi connectivity index (χ0) is 23.3. The van der Waals surface area contributed by atoms with Crippen LogP contribution in [0.1, 0.15) is 44.1 Å².